The normalized spacial score (nSPS) is 19.4. The van der Waals surface area contributed by atoms with Gasteiger partial charge in [-0.05, 0) is 6.42 Å². The van der Waals surface area contributed by atoms with Gasteiger partial charge >= 0.3 is 5.97 Å². The molecule has 0 amide bonds. The van der Waals surface area contributed by atoms with Crippen molar-refractivity contribution >= 4 is 5.97 Å². The SMILES string of the molecule is CCCCCC(C(=O)OC)N1CCNCC1. The van der Waals surface area contributed by atoms with Crippen LogP contribution >= 0.6 is 0 Å². The molecule has 94 valence electrons. The summed E-state index contributed by atoms with van der Waals surface area (Å²) in [5.41, 5.74) is 0. The third-order valence-corrected chi connectivity index (χ3v) is 3.15. The van der Waals surface area contributed by atoms with Crippen LogP contribution in [0.2, 0.25) is 0 Å². The molecule has 0 radical (unpaired) electrons. The Kier molecular flexibility index (Phi) is 6.42. The minimum absolute atomic E-state index is 0.0290. The molecular weight excluding hydrogens is 204 g/mol. The first-order chi connectivity index (χ1) is 7.79. The minimum atomic E-state index is -0.0713. The zero-order valence-corrected chi connectivity index (χ0v) is 10.5. The number of hydrogen-bond donors (Lipinski definition) is 1. The van der Waals surface area contributed by atoms with Gasteiger partial charge in [-0.3, -0.25) is 9.69 Å². The number of nitrogens with zero attached hydrogens (tertiary/aromatic N) is 1. The number of nitrogens with one attached hydrogen (secondary N) is 1. The lowest BCUT2D eigenvalue weighted by atomic mass is 10.1. The molecule has 4 nitrogen and oxygen atoms in total. The second-order valence-electron chi connectivity index (χ2n) is 4.32. The molecular formula is C12H24N2O2. The van der Waals surface area contributed by atoms with Crippen molar-refractivity contribution in [2.24, 2.45) is 0 Å². The predicted molar refractivity (Wildman–Crippen MR) is 64.4 cm³/mol. The first-order valence-corrected chi connectivity index (χ1v) is 6.32. The highest BCUT2D eigenvalue weighted by atomic mass is 16.5. The fourth-order valence-electron chi connectivity index (χ4n) is 2.17. The molecule has 0 saturated carbocycles. The highest BCUT2D eigenvalue weighted by Gasteiger charge is 2.26. The molecule has 1 fully saturated rings. The number of ether oxygens (including phenoxy) is 1. The van der Waals surface area contributed by atoms with Crippen molar-refractivity contribution in [2.75, 3.05) is 33.3 Å². The smallest absolute Gasteiger partial charge is 0.323 e. The Morgan fingerprint density at radius 3 is 2.62 bits per heavy atom. The molecule has 1 heterocycles. The first-order valence-electron chi connectivity index (χ1n) is 6.32. The molecule has 1 saturated heterocycles. The van der Waals surface area contributed by atoms with Gasteiger partial charge in [0.25, 0.3) is 0 Å². The molecule has 16 heavy (non-hydrogen) atoms. The number of piperazine rings is 1. The van der Waals surface area contributed by atoms with Crippen molar-refractivity contribution in [3.8, 4) is 0 Å². The Balaban J connectivity index is 2.44. The molecule has 1 aliphatic heterocycles. The Hall–Kier alpha value is -0.610. The summed E-state index contributed by atoms with van der Waals surface area (Å²) in [7, 11) is 1.48. The largest absolute Gasteiger partial charge is 0.468 e. The molecule has 1 aliphatic rings. The van der Waals surface area contributed by atoms with Crippen LogP contribution in [0.5, 0.6) is 0 Å². The summed E-state index contributed by atoms with van der Waals surface area (Å²) >= 11 is 0. The van der Waals surface area contributed by atoms with Gasteiger partial charge in [0, 0.05) is 26.2 Å². The Bertz CT molecular complexity index is 203. The van der Waals surface area contributed by atoms with Crippen molar-refractivity contribution in [2.45, 2.75) is 38.6 Å². The number of hydrogen-bond acceptors (Lipinski definition) is 4. The Labute approximate surface area is 98.3 Å². The summed E-state index contributed by atoms with van der Waals surface area (Å²) in [4.78, 5) is 14.0. The van der Waals surface area contributed by atoms with E-state index in [9.17, 15) is 4.79 Å². The lowest BCUT2D eigenvalue weighted by Crippen LogP contribution is -2.51. The highest BCUT2D eigenvalue weighted by molar-refractivity contribution is 5.75. The van der Waals surface area contributed by atoms with Crippen LogP contribution in [0.15, 0.2) is 0 Å². The third kappa shape index (κ3) is 4.10. The van der Waals surface area contributed by atoms with E-state index in [0.29, 0.717) is 0 Å². The maximum Gasteiger partial charge on any atom is 0.323 e. The summed E-state index contributed by atoms with van der Waals surface area (Å²) in [5, 5.41) is 3.30. The number of esters is 1. The van der Waals surface area contributed by atoms with E-state index in [0.717, 1.165) is 39.0 Å². The molecule has 1 N–H and O–H groups in total. The van der Waals surface area contributed by atoms with E-state index in [1.54, 1.807) is 0 Å². The summed E-state index contributed by atoms with van der Waals surface area (Å²) in [5.74, 6) is -0.0713. The maximum absolute atomic E-state index is 11.7. The van der Waals surface area contributed by atoms with Crippen molar-refractivity contribution in [3.05, 3.63) is 0 Å². The number of methoxy groups -OCH3 is 1. The standard InChI is InChI=1S/C12H24N2O2/c1-3-4-5-6-11(12(15)16-2)14-9-7-13-8-10-14/h11,13H,3-10H2,1-2H3. The van der Waals surface area contributed by atoms with E-state index >= 15 is 0 Å². The third-order valence-electron chi connectivity index (χ3n) is 3.15. The van der Waals surface area contributed by atoms with E-state index in [1.165, 1.54) is 20.0 Å². The summed E-state index contributed by atoms with van der Waals surface area (Å²) in [6, 6.07) is -0.0290. The van der Waals surface area contributed by atoms with Gasteiger partial charge in [-0.1, -0.05) is 26.2 Å². The molecule has 1 rings (SSSR count). The molecule has 0 aromatic carbocycles. The van der Waals surface area contributed by atoms with Crippen LogP contribution in [-0.2, 0) is 9.53 Å². The van der Waals surface area contributed by atoms with E-state index in [-0.39, 0.29) is 12.0 Å². The monoisotopic (exact) mass is 228 g/mol. The highest BCUT2D eigenvalue weighted by Crippen LogP contribution is 2.12. The van der Waals surface area contributed by atoms with Gasteiger partial charge in [0.2, 0.25) is 0 Å². The number of rotatable bonds is 6. The average molecular weight is 228 g/mol. The molecule has 0 aromatic rings. The van der Waals surface area contributed by atoms with Gasteiger partial charge in [0.1, 0.15) is 6.04 Å². The van der Waals surface area contributed by atoms with Gasteiger partial charge in [0.05, 0.1) is 7.11 Å². The van der Waals surface area contributed by atoms with Gasteiger partial charge in [-0.2, -0.15) is 0 Å². The maximum atomic E-state index is 11.7. The second-order valence-corrected chi connectivity index (χ2v) is 4.32. The van der Waals surface area contributed by atoms with E-state index in [1.807, 2.05) is 0 Å². The fourth-order valence-corrected chi connectivity index (χ4v) is 2.17. The van der Waals surface area contributed by atoms with Crippen molar-refractivity contribution < 1.29 is 9.53 Å². The molecule has 0 aromatic heterocycles. The van der Waals surface area contributed by atoms with Gasteiger partial charge in [-0.25, -0.2) is 0 Å². The van der Waals surface area contributed by atoms with Gasteiger partial charge < -0.3 is 10.1 Å². The zero-order valence-electron chi connectivity index (χ0n) is 10.5. The molecule has 1 atom stereocenters. The van der Waals surface area contributed by atoms with Gasteiger partial charge in [-0.15, -0.1) is 0 Å². The quantitative estimate of drug-likeness (QED) is 0.544. The fraction of sp³-hybridized carbons (Fsp3) is 0.917. The number of carbonyl (C=O) groups is 1. The minimum Gasteiger partial charge on any atom is -0.468 e. The molecule has 1 unspecified atom stereocenters. The van der Waals surface area contributed by atoms with Crippen LogP contribution < -0.4 is 5.32 Å². The second kappa shape index (κ2) is 7.63. The van der Waals surface area contributed by atoms with Crippen molar-refractivity contribution in [3.63, 3.8) is 0 Å². The summed E-state index contributed by atoms with van der Waals surface area (Å²) in [6.07, 6.45) is 4.43. The van der Waals surface area contributed by atoms with Crippen LogP contribution in [-0.4, -0.2) is 50.2 Å². The topological polar surface area (TPSA) is 41.6 Å². The van der Waals surface area contributed by atoms with Gasteiger partial charge in [0.15, 0.2) is 0 Å². The number of unbranched alkanes of at least 4 members (excludes halogenated alkanes) is 2. The van der Waals surface area contributed by atoms with Crippen LogP contribution in [0.25, 0.3) is 0 Å². The lowest BCUT2D eigenvalue weighted by Gasteiger charge is -2.33. The molecule has 4 heteroatoms. The summed E-state index contributed by atoms with van der Waals surface area (Å²) in [6.45, 7) is 6.03. The molecule has 0 spiro atoms. The van der Waals surface area contributed by atoms with E-state index in [4.69, 9.17) is 4.74 Å². The first kappa shape index (κ1) is 13.5. The van der Waals surface area contributed by atoms with Crippen LogP contribution in [0.3, 0.4) is 0 Å². The van der Waals surface area contributed by atoms with Crippen molar-refractivity contribution in [1.29, 1.82) is 0 Å². The molecule has 0 aliphatic carbocycles. The predicted octanol–water partition coefficient (Wildman–Crippen LogP) is 1.01. The van der Waals surface area contributed by atoms with E-state index < -0.39 is 0 Å². The molecule has 0 bridgehead atoms. The van der Waals surface area contributed by atoms with Crippen molar-refractivity contribution in [1.82, 2.24) is 10.2 Å². The van der Waals surface area contributed by atoms with E-state index in [2.05, 4.69) is 17.1 Å². The zero-order chi connectivity index (χ0) is 11.8. The number of carbonyl (C=O) groups excluding carboxylic acids is 1. The lowest BCUT2D eigenvalue weighted by molar-refractivity contribution is -0.147. The van der Waals surface area contributed by atoms with Crippen LogP contribution in [0.4, 0.5) is 0 Å². The Morgan fingerprint density at radius 1 is 1.38 bits per heavy atom. The average Bonchev–Trinajstić information content (AvgIpc) is 2.35. The van der Waals surface area contributed by atoms with Crippen LogP contribution in [0, 0.1) is 0 Å². The Morgan fingerprint density at radius 2 is 2.06 bits per heavy atom. The van der Waals surface area contributed by atoms with Crippen LogP contribution in [0.1, 0.15) is 32.6 Å². The summed E-state index contributed by atoms with van der Waals surface area (Å²) < 4.78 is 4.90.